The van der Waals surface area contributed by atoms with Gasteiger partial charge in [0.1, 0.15) is 12.3 Å². The summed E-state index contributed by atoms with van der Waals surface area (Å²) in [5.74, 6) is -0.165. The molecule has 0 radical (unpaired) electrons. The van der Waals surface area contributed by atoms with E-state index in [-0.39, 0.29) is 18.3 Å². The molecule has 0 saturated heterocycles. The average Bonchev–Trinajstić information content (AvgIpc) is 2.47. The predicted octanol–water partition coefficient (Wildman–Crippen LogP) is 0.989. The number of nitrogens with zero attached hydrogens (tertiary/aromatic N) is 1. The largest absolute Gasteiger partial charge is 0.468 e. The van der Waals surface area contributed by atoms with E-state index in [4.69, 9.17) is 0 Å². The zero-order valence-electron chi connectivity index (χ0n) is 8.58. The van der Waals surface area contributed by atoms with Gasteiger partial charge in [-0.2, -0.15) is 0 Å². The Labute approximate surface area is 83.3 Å². The molecule has 0 heterocycles. The van der Waals surface area contributed by atoms with E-state index in [2.05, 4.69) is 9.73 Å². The fraction of sp³-hybridized carbons (Fsp3) is 0.700. The summed E-state index contributed by atoms with van der Waals surface area (Å²) in [7, 11) is 1.32. The lowest BCUT2D eigenvalue weighted by Crippen LogP contribution is -2.23. The number of ketones is 1. The monoisotopic (exact) mass is 197 g/mol. The molecule has 1 rings (SSSR count). The van der Waals surface area contributed by atoms with Crippen molar-refractivity contribution in [3.05, 3.63) is 0 Å². The van der Waals surface area contributed by atoms with Gasteiger partial charge in [0, 0.05) is 12.6 Å². The predicted molar refractivity (Wildman–Crippen MR) is 52.3 cm³/mol. The zero-order valence-corrected chi connectivity index (χ0v) is 8.58. The second-order valence-corrected chi connectivity index (χ2v) is 3.74. The molecule has 0 N–H and O–H groups in total. The van der Waals surface area contributed by atoms with E-state index in [1.54, 1.807) is 6.21 Å². The molecular formula is C10H15NO3. The molecule has 4 heteroatoms. The molecule has 0 aliphatic heterocycles. The molecule has 1 fully saturated rings. The molecular weight excluding hydrogens is 182 g/mol. The molecule has 0 spiro atoms. The summed E-state index contributed by atoms with van der Waals surface area (Å²) in [4.78, 5) is 26.1. The molecule has 1 atom stereocenters. The minimum atomic E-state index is -0.450. The summed E-state index contributed by atoms with van der Waals surface area (Å²) in [6, 6.07) is 0. The van der Waals surface area contributed by atoms with Crippen LogP contribution in [-0.4, -0.2) is 31.6 Å². The molecule has 0 amide bonds. The van der Waals surface area contributed by atoms with Crippen LogP contribution in [0.5, 0.6) is 0 Å². The highest BCUT2D eigenvalue weighted by atomic mass is 16.5. The molecule has 0 bridgehead atoms. The summed E-state index contributed by atoms with van der Waals surface area (Å²) in [6.45, 7) is 1.86. The highest BCUT2D eigenvalue weighted by Crippen LogP contribution is 2.32. The summed E-state index contributed by atoms with van der Waals surface area (Å²) in [6.07, 6.45) is 3.97. The first-order chi connectivity index (χ1) is 6.58. The van der Waals surface area contributed by atoms with E-state index in [0.717, 1.165) is 12.8 Å². The van der Waals surface area contributed by atoms with Crippen molar-refractivity contribution in [3.8, 4) is 0 Å². The molecule has 1 unspecified atom stereocenters. The Morgan fingerprint density at radius 1 is 1.71 bits per heavy atom. The molecule has 78 valence electrons. The molecule has 1 aliphatic carbocycles. The van der Waals surface area contributed by atoms with E-state index < -0.39 is 5.41 Å². The van der Waals surface area contributed by atoms with Crippen LogP contribution in [0, 0.1) is 5.41 Å². The van der Waals surface area contributed by atoms with Gasteiger partial charge in [-0.05, 0) is 19.8 Å². The van der Waals surface area contributed by atoms with E-state index in [1.807, 2.05) is 6.92 Å². The normalized spacial score (nSPS) is 27.1. The highest BCUT2D eigenvalue weighted by Gasteiger charge is 2.35. The Balaban J connectivity index is 2.50. The second-order valence-electron chi connectivity index (χ2n) is 3.74. The maximum absolute atomic E-state index is 11.4. The van der Waals surface area contributed by atoms with E-state index in [1.165, 1.54) is 7.11 Å². The third-order valence-corrected chi connectivity index (χ3v) is 2.56. The van der Waals surface area contributed by atoms with Crippen molar-refractivity contribution in [3.63, 3.8) is 0 Å². The first-order valence-electron chi connectivity index (χ1n) is 4.69. The van der Waals surface area contributed by atoms with Crippen molar-refractivity contribution in [1.82, 2.24) is 0 Å². The maximum atomic E-state index is 11.4. The molecule has 4 nitrogen and oxygen atoms in total. The number of hydrogen-bond acceptors (Lipinski definition) is 4. The number of carbonyl (C=O) groups excluding carboxylic acids is 2. The van der Waals surface area contributed by atoms with Crippen molar-refractivity contribution in [1.29, 1.82) is 0 Å². The summed E-state index contributed by atoms with van der Waals surface area (Å²) in [5, 5.41) is 0. The van der Waals surface area contributed by atoms with Crippen molar-refractivity contribution >= 4 is 18.0 Å². The number of rotatable bonds is 3. The van der Waals surface area contributed by atoms with E-state index >= 15 is 0 Å². The van der Waals surface area contributed by atoms with Gasteiger partial charge in [-0.25, -0.2) is 0 Å². The SMILES string of the molecule is COC(=O)CN=CC1(C)CCCC1=O. The number of Topliss-reactive ketones (excluding diaryl/α,β-unsaturated/α-hetero) is 1. The average molecular weight is 197 g/mol. The van der Waals surface area contributed by atoms with E-state index in [9.17, 15) is 9.59 Å². The Kier molecular flexibility index (Phi) is 3.38. The summed E-state index contributed by atoms with van der Waals surface area (Å²) >= 11 is 0. The summed E-state index contributed by atoms with van der Waals surface area (Å²) < 4.78 is 4.44. The topological polar surface area (TPSA) is 55.7 Å². The Morgan fingerprint density at radius 2 is 2.43 bits per heavy atom. The lowest BCUT2D eigenvalue weighted by Gasteiger charge is -2.14. The zero-order chi connectivity index (χ0) is 10.6. The van der Waals surface area contributed by atoms with Crippen LogP contribution in [0.25, 0.3) is 0 Å². The van der Waals surface area contributed by atoms with Gasteiger partial charge in [-0.1, -0.05) is 0 Å². The van der Waals surface area contributed by atoms with Crippen LogP contribution in [0.2, 0.25) is 0 Å². The van der Waals surface area contributed by atoms with Gasteiger partial charge in [0.15, 0.2) is 0 Å². The van der Waals surface area contributed by atoms with Gasteiger partial charge in [0.2, 0.25) is 0 Å². The smallest absolute Gasteiger partial charge is 0.327 e. The molecule has 0 aromatic heterocycles. The number of esters is 1. The molecule has 1 saturated carbocycles. The van der Waals surface area contributed by atoms with Gasteiger partial charge < -0.3 is 4.74 Å². The molecule has 0 aromatic carbocycles. The fourth-order valence-corrected chi connectivity index (χ4v) is 1.56. The van der Waals surface area contributed by atoms with Crippen molar-refractivity contribution in [2.75, 3.05) is 13.7 Å². The van der Waals surface area contributed by atoms with Gasteiger partial charge >= 0.3 is 5.97 Å². The minimum absolute atomic E-state index is 0.000625. The number of hydrogen-bond donors (Lipinski definition) is 0. The lowest BCUT2D eigenvalue weighted by atomic mass is 9.89. The number of aliphatic imine (C=N–C) groups is 1. The second kappa shape index (κ2) is 4.35. The first-order valence-corrected chi connectivity index (χ1v) is 4.69. The van der Waals surface area contributed by atoms with Crippen molar-refractivity contribution in [2.45, 2.75) is 26.2 Å². The van der Waals surface area contributed by atoms with Crippen LogP contribution >= 0.6 is 0 Å². The number of methoxy groups -OCH3 is 1. The van der Waals surface area contributed by atoms with Crippen LogP contribution in [0.15, 0.2) is 4.99 Å². The summed E-state index contributed by atoms with van der Waals surface area (Å²) in [5.41, 5.74) is -0.450. The van der Waals surface area contributed by atoms with Crippen molar-refractivity contribution < 1.29 is 14.3 Å². The molecule has 0 aromatic rings. The van der Waals surface area contributed by atoms with Crippen molar-refractivity contribution in [2.24, 2.45) is 10.4 Å². The lowest BCUT2D eigenvalue weighted by molar-refractivity contribution is -0.138. The minimum Gasteiger partial charge on any atom is -0.468 e. The Bertz CT molecular complexity index is 273. The van der Waals surface area contributed by atoms with Gasteiger partial charge in [0.05, 0.1) is 12.5 Å². The van der Waals surface area contributed by atoms with Crippen LogP contribution in [0.1, 0.15) is 26.2 Å². The Hall–Kier alpha value is -1.19. The standard InChI is InChI=1S/C10H15NO3/c1-10(5-3-4-8(10)12)7-11-6-9(13)14-2/h7H,3-6H2,1-2H3. The Morgan fingerprint density at radius 3 is 2.93 bits per heavy atom. The highest BCUT2D eigenvalue weighted by molar-refractivity contribution is 6.01. The van der Waals surface area contributed by atoms with E-state index in [0.29, 0.717) is 6.42 Å². The van der Waals surface area contributed by atoms with Crippen LogP contribution < -0.4 is 0 Å². The van der Waals surface area contributed by atoms with Crippen LogP contribution in [-0.2, 0) is 14.3 Å². The van der Waals surface area contributed by atoms with Crippen LogP contribution in [0.4, 0.5) is 0 Å². The number of ether oxygens (including phenoxy) is 1. The third kappa shape index (κ3) is 2.40. The molecule has 14 heavy (non-hydrogen) atoms. The number of carbonyl (C=O) groups is 2. The quantitative estimate of drug-likeness (QED) is 0.500. The van der Waals surface area contributed by atoms with Gasteiger partial charge in [-0.3, -0.25) is 14.6 Å². The van der Waals surface area contributed by atoms with Gasteiger partial charge in [0.25, 0.3) is 0 Å². The molecule has 1 aliphatic rings. The van der Waals surface area contributed by atoms with Crippen LogP contribution in [0.3, 0.4) is 0 Å². The van der Waals surface area contributed by atoms with Gasteiger partial charge in [-0.15, -0.1) is 0 Å². The first kappa shape index (κ1) is 10.9. The third-order valence-electron chi connectivity index (χ3n) is 2.56. The fourth-order valence-electron chi connectivity index (χ4n) is 1.56. The maximum Gasteiger partial charge on any atom is 0.327 e.